The Kier molecular flexibility index (Phi) is 7.64. The highest BCUT2D eigenvalue weighted by molar-refractivity contribution is 7.51. The third-order valence-electron chi connectivity index (χ3n) is 4.09. The zero-order chi connectivity index (χ0) is 21.9. The van der Waals surface area contributed by atoms with E-state index < -0.39 is 25.8 Å². The zero-order valence-electron chi connectivity index (χ0n) is 16.0. The largest absolute Gasteiger partial charge is 0.493 e. The monoisotopic (exact) mass is 470 g/mol. The lowest BCUT2D eigenvalue weighted by Gasteiger charge is -2.12. The highest BCUT2D eigenvalue weighted by Gasteiger charge is 2.25. The van der Waals surface area contributed by atoms with Crippen LogP contribution in [0.1, 0.15) is 26.3 Å². The van der Waals surface area contributed by atoms with E-state index in [1.54, 1.807) is 12.1 Å². The average Bonchev–Trinajstić information content (AvgIpc) is 3.13. The van der Waals surface area contributed by atoms with Crippen LogP contribution in [0.25, 0.3) is 0 Å². The SMILES string of the molecule is Cl.N=C(N)Nc1ccc(C(=O)Oc2cc3c(c(C(=O)NCP(=O)(O)O)c2)CCO3)cc1. The highest BCUT2D eigenvalue weighted by atomic mass is 35.5. The number of hydrogen-bond donors (Lipinski definition) is 6. The summed E-state index contributed by atoms with van der Waals surface area (Å²) in [5.41, 5.74) is 6.67. The van der Waals surface area contributed by atoms with Crippen molar-refractivity contribution in [1.82, 2.24) is 5.32 Å². The van der Waals surface area contributed by atoms with Crippen molar-refractivity contribution in [1.29, 1.82) is 5.41 Å². The topological polar surface area (TPSA) is 184 Å². The molecule has 0 aromatic heterocycles. The number of esters is 1. The first kappa shape index (κ1) is 24.2. The first-order chi connectivity index (χ1) is 14.1. The van der Waals surface area contributed by atoms with Crippen LogP contribution in [0, 0.1) is 5.41 Å². The first-order valence-electron chi connectivity index (χ1n) is 8.68. The van der Waals surface area contributed by atoms with Gasteiger partial charge in [0, 0.05) is 23.7 Å². The van der Waals surface area contributed by atoms with Crippen molar-refractivity contribution in [2.75, 3.05) is 18.2 Å². The van der Waals surface area contributed by atoms with Gasteiger partial charge < -0.3 is 35.6 Å². The summed E-state index contributed by atoms with van der Waals surface area (Å²) in [5.74, 6) is -1.23. The van der Waals surface area contributed by atoms with Crippen LogP contribution < -0.4 is 25.8 Å². The summed E-state index contributed by atoms with van der Waals surface area (Å²) >= 11 is 0. The summed E-state index contributed by atoms with van der Waals surface area (Å²) in [4.78, 5) is 42.7. The molecule has 11 nitrogen and oxygen atoms in total. The Hall–Kier alpha value is -3.11. The Labute approximate surface area is 183 Å². The Balaban J connectivity index is 0.00000341. The third kappa shape index (κ3) is 6.43. The molecule has 166 valence electrons. The molecule has 1 aliphatic rings. The van der Waals surface area contributed by atoms with Crippen molar-refractivity contribution in [2.45, 2.75) is 6.42 Å². The maximum absolute atomic E-state index is 12.4. The van der Waals surface area contributed by atoms with Gasteiger partial charge in [-0.05, 0) is 30.3 Å². The molecule has 0 unspecified atom stereocenters. The second kappa shape index (κ2) is 9.80. The predicted molar refractivity (Wildman–Crippen MR) is 114 cm³/mol. The summed E-state index contributed by atoms with van der Waals surface area (Å²) in [6, 6.07) is 8.85. The van der Waals surface area contributed by atoms with E-state index in [9.17, 15) is 14.2 Å². The molecule has 1 aliphatic heterocycles. The summed E-state index contributed by atoms with van der Waals surface area (Å²) < 4.78 is 21.8. The molecule has 13 heteroatoms. The maximum atomic E-state index is 12.4. The third-order valence-corrected chi connectivity index (χ3v) is 4.66. The van der Waals surface area contributed by atoms with Gasteiger partial charge in [0.15, 0.2) is 5.96 Å². The number of ether oxygens (including phenoxy) is 2. The molecule has 7 N–H and O–H groups in total. The second-order valence-corrected chi connectivity index (χ2v) is 8.03. The molecule has 0 bridgehead atoms. The van der Waals surface area contributed by atoms with E-state index in [-0.39, 0.29) is 35.2 Å². The normalized spacial score (nSPS) is 12.1. The molecule has 0 atom stereocenters. The van der Waals surface area contributed by atoms with Gasteiger partial charge in [-0.2, -0.15) is 0 Å². The first-order valence-corrected chi connectivity index (χ1v) is 10.5. The van der Waals surface area contributed by atoms with E-state index in [1.807, 2.05) is 0 Å². The van der Waals surface area contributed by atoms with E-state index in [0.29, 0.717) is 30.0 Å². The minimum absolute atomic E-state index is 0. The van der Waals surface area contributed by atoms with Gasteiger partial charge >= 0.3 is 13.6 Å². The van der Waals surface area contributed by atoms with Crippen LogP contribution in [0.3, 0.4) is 0 Å². The number of hydrogen-bond acceptors (Lipinski definition) is 6. The summed E-state index contributed by atoms with van der Waals surface area (Å²) in [6.07, 6.45) is -0.376. The molecule has 0 radical (unpaired) electrons. The van der Waals surface area contributed by atoms with Gasteiger partial charge in [-0.1, -0.05) is 0 Å². The zero-order valence-corrected chi connectivity index (χ0v) is 17.7. The molecule has 1 amide bonds. The van der Waals surface area contributed by atoms with E-state index >= 15 is 0 Å². The van der Waals surface area contributed by atoms with Crippen molar-refractivity contribution in [3.05, 3.63) is 53.1 Å². The molecule has 1 heterocycles. The van der Waals surface area contributed by atoms with Crippen LogP contribution in [-0.2, 0) is 11.0 Å². The molecule has 2 aromatic carbocycles. The lowest BCUT2D eigenvalue weighted by molar-refractivity contribution is 0.0733. The quantitative estimate of drug-likeness (QED) is 0.119. The smallest absolute Gasteiger partial charge is 0.344 e. The van der Waals surface area contributed by atoms with Crippen LogP contribution in [0.2, 0.25) is 0 Å². The Morgan fingerprint density at radius 1 is 1.23 bits per heavy atom. The second-order valence-electron chi connectivity index (χ2n) is 6.38. The molecule has 0 saturated heterocycles. The number of nitrogens with one attached hydrogen (secondary N) is 3. The number of fused-ring (bicyclic) bond motifs is 1. The lowest BCUT2D eigenvalue weighted by Crippen LogP contribution is -2.25. The molecular formula is C18H20ClN4O7P. The summed E-state index contributed by atoms with van der Waals surface area (Å²) in [7, 11) is -4.42. The van der Waals surface area contributed by atoms with Gasteiger partial charge in [0.1, 0.15) is 17.8 Å². The minimum Gasteiger partial charge on any atom is -0.493 e. The van der Waals surface area contributed by atoms with E-state index in [4.69, 9.17) is 30.4 Å². The number of rotatable bonds is 6. The number of guanidine groups is 1. The molecule has 2 aromatic rings. The fourth-order valence-corrected chi connectivity index (χ4v) is 3.16. The number of halogens is 1. The van der Waals surface area contributed by atoms with Crippen LogP contribution >= 0.6 is 20.0 Å². The molecule has 0 spiro atoms. The van der Waals surface area contributed by atoms with Crippen LogP contribution in [0.5, 0.6) is 11.5 Å². The number of amides is 1. The van der Waals surface area contributed by atoms with Gasteiger partial charge in [-0.3, -0.25) is 14.8 Å². The van der Waals surface area contributed by atoms with E-state index in [0.717, 1.165) is 0 Å². The Bertz CT molecular complexity index is 1060. The van der Waals surface area contributed by atoms with Crippen LogP contribution in [0.4, 0.5) is 5.69 Å². The molecule has 0 aliphatic carbocycles. The number of carbonyl (C=O) groups excluding carboxylic acids is 2. The molecule has 0 saturated carbocycles. The van der Waals surface area contributed by atoms with E-state index in [2.05, 4.69) is 10.6 Å². The predicted octanol–water partition coefficient (Wildman–Crippen LogP) is 1.43. The van der Waals surface area contributed by atoms with Gasteiger partial charge in [0.2, 0.25) is 0 Å². The number of anilines is 1. The Morgan fingerprint density at radius 3 is 2.52 bits per heavy atom. The van der Waals surface area contributed by atoms with Gasteiger partial charge in [-0.15, -0.1) is 12.4 Å². The molecule has 31 heavy (non-hydrogen) atoms. The average molecular weight is 471 g/mol. The van der Waals surface area contributed by atoms with Crippen molar-refractivity contribution >= 4 is 43.5 Å². The van der Waals surface area contributed by atoms with Gasteiger partial charge in [-0.25, -0.2) is 4.79 Å². The van der Waals surface area contributed by atoms with Crippen molar-refractivity contribution < 1.29 is 33.4 Å². The number of nitrogens with two attached hydrogens (primary N) is 1. The molecule has 3 rings (SSSR count). The minimum atomic E-state index is -4.42. The molecule has 0 fully saturated rings. The number of benzene rings is 2. The Morgan fingerprint density at radius 2 is 1.90 bits per heavy atom. The summed E-state index contributed by atoms with van der Waals surface area (Å²) in [5, 5.41) is 11.9. The standard InChI is InChI=1S/C18H19N4O7P.ClH/c19-18(20)22-11-3-1-10(2-4-11)17(24)29-12-7-14(13-5-6-28-15(13)8-12)16(23)21-9-30(25,26)27;/h1-4,7-8H,5-6,9H2,(H,21,23)(H4,19,20,22)(H2,25,26,27);1H. The van der Waals surface area contributed by atoms with Crippen molar-refractivity contribution in [3.63, 3.8) is 0 Å². The molecular weight excluding hydrogens is 451 g/mol. The fourth-order valence-electron chi connectivity index (χ4n) is 2.81. The van der Waals surface area contributed by atoms with Gasteiger partial charge in [0.25, 0.3) is 5.91 Å². The van der Waals surface area contributed by atoms with Crippen molar-refractivity contribution in [3.8, 4) is 11.5 Å². The highest BCUT2D eigenvalue weighted by Crippen LogP contribution is 2.35. The van der Waals surface area contributed by atoms with Gasteiger partial charge in [0.05, 0.1) is 17.7 Å². The lowest BCUT2D eigenvalue weighted by atomic mass is 10.0. The fraction of sp³-hybridized carbons (Fsp3) is 0.167. The van der Waals surface area contributed by atoms with Crippen molar-refractivity contribution in [2.24, 2.45) is 5.73 Å². The van der Waals surface area contributed by atoms with Crippen LogP contribution in [0.15, 0.2) is 36.4 Å². The summed E-state index contributed by atoms with van der Waals surface area (Å²) in [6.45, 7) is 0.329. The maximum Gasteiger partial charge on any atom is 0.344 e. The van der Waals surface area contributed by atoms with E-state index in [1.165, 1.54) is 24.3 Å². The van der Waals surface area contributed by atoms with Crippen LogP contribution in [-0.4, -0.2) is 40.5 Å². The number of carbonyl (C=O) groups is 2.